The number of benzene rings is 2. The Hall–Kier alpha value is -3.64. The Balaban J connectivity index is 1.53. The van der Waals surface area contributed by atoms with Gasteiger partial charge in [0.25, 0.3) is 0 Å². The summed E-state index contributed by atoms with van der Waals surface area (Å²) in [6.07, 6.45) is 1.81. The summed E-state index contributed by atoms with van der Waals surface area (Å²) in [4.78, 5) is 6.76. The van der Waals surface area contributed by atoms with Crippen LogP contribution in [0.4, 0.5) is 5.69 Å². The maximum Gasteiger partial charge on any atom is 0.174 e. The van der Waals surface area contributed by atoms with Crippen LogP contribution in [0, 0.1) is 0 Å². The van der Waals surface area contributed by atoms with Crippen molar-refractivity contribution in [2.24, 2.45) is 0 Å². The second-order valence-electron chi connectivity index (χ2n) is 8.90. The lowest BCUT2D eigenvalue weighted by Crippen LogP contribution is -2.29. The van der Waals surface area contributed by atoms with Gasteiger partial charge in [0.1, 0.15) is 23.3 Å². The second kappa shape index (κ2) is 9.92. The van der Waals surface area contributed by atoms with Crippen LogP contribution in [0.3, 0.4) is 0 Å². The zero-order valence-corrected chi connectivity index (χ0v) is 21.0. The molecule has 0 amide bonds. The Kier molecular flexibility index (Phi) is 6.55. The number of hydrogen-bond donors (Lipinski definition) is 1. The molecule has 4 aromatic rings. The molecule has 0 radical (unpaired) electrons. The predicted molar refractivity (Wildman–Crippen MR) is 144 cm³/mol. The first-order valence-corrected chi connectivity index (χ1v) is 12.4. The zero-order valence-electron chi connectivity index (χ0n) is 20.1. The van der Waals surface area contributed by atoms with Crippen molar-refractivity contribution in [2.45, 2.75) is 38.8 Å². The summed E-state index contributed by atoms with van der Waals surface area (Å²) in [5.41, 5.74) is 4.23. The van der Waals surface area contributed by atoms with Crippen LogP contribution >= 0.6 is 12.2 Å². The molecule has 1 aliphatic rings. The summed E-state index contributed by atoms with van der Waals surface area (Å²) in [5, 5.41) is 4.15. The molecular formula is C29H29N3O2S. The lowest BCUT2D eigenvalue weighted by atomic mass is 10.0. The van der Waals surface area contributed by atoms with Crippen molar-refractivity contribution in [2.75, 3.05) is 11.5 Å². The van der Waals surface area contributed by atoms with E-state index < -0.39 is 0 Å². The van der Waals surface area contributed by atoms with Crippen LogP contribution in [0.5, 0.6) is 5.75 Å². The van der Waals surface area contributed by atoms with E-state index >= 15 is 0 Å². The molecule has 0 bridgehead atoms. The van der Waals surface area contributed by atoms with Gasteiger partial charge in [-0.25, -0.2) is 0 Å². The highest BCUT2D eigenvalue weighted by Gasteiger charge is 2.42. The lowest BCUT2D eigenvalue weighted by molar-refractivity contribution is 0.340. The van der Waals surface area contributed by atoms with Crippen LogP contribution in [-0.4, -0.2) is 16.7 Å². The van der Waals surface area contributed by atoms with Crippen molar-refractivity contribution < 1.29 is 9.15 Å². The number of furan rings is 1. The molecule has 0 saturated carbocycles. The van der Waals surface area contributed by atoms with Gasteiger partial charge in [0, 0.05) is 17.4 Å². The maximum atomic E-state index is 6.46. The Labute approximate surface area is 211 Å². The number of ether oxygens (including phenoxy) is 1. The standard InChI is InChI=1S/C29H29N3O2S/c1-4-33-23-14-10-21(11-15-23)25-16-17-26(34-25)28-27(24-7-5-6-18-30-24)31-29(35)32(28)22-12-8-20(9-13-22)19(2)3/h5-19,27-28H,4H2,1-3H3,(H,31,35). The fraction of sp³-hybridized carbons (Fsp3) is 0.241. The molecule has 2 aromatic carbocycles. The second-order valence-corrected chi connectivity index (χ2v) is 9.29. The number of aromatic nitrogens is 1. The van der Waals surface area contributed by atoms with E-state index in [1.165, 1.54) is 5.56 Å². The van der Waals surface area contributed by atoms with Crippen LogP contribution < -0.4 is 15.0 Å². The molecule has 2 unspecified atom stereocenters. The summed E-state index contributed by atoms with van der Waals surface area (Å²) >= 11 is 5.83. The Morgan fingerprint density at radius 3 is 2.43 bits per heavy atom. The number of thiocarbonyl (C=S) groups is 1. The smallest absolute Gasteiger partial charge is 0.174 e. The van der Waals surface area contributed by atoms with Crippen LogP contribution in [0.15, 0.2) is 89.5 Å². The number of hydrogen-bond acceptors (Lipinski definition) is 4. The van der Waals surface area contributed by atoms with Gasteiger partial charge in [0.05, 0.1) is 18.3 Å². The Morgan fingerprint density at radius 1 is 1.00 bits per heavy atom. The largest absolute Gasteiger partial charge is 0.494 e. The molecule has 1 saturated heterocycles. The van der Waals surface area contributed by atoms with Crippen LogP contribution in [-0.2, 0) is 0 Å². The van der Waals surface area contributed by atoms with Crippen molar-refractivity contribution in [3.63, 3.8) is 0 Å². The minimum absolute atomic E-state index is 0.146. The van der Waals surface area contributed by atoms with E-state index in [1.807, 2.05) is 67.7 Å². The molecule has 178 valence electrons. The van der Waals surface area contributed by atoms with Crippen LogP contribution in [0.2, 0.25) is 0 Å². The topological polar surface area (TPSA) is 50.5 Å². The van der Waals surface area contributed by atoms with E-state index in [0.29, 0.717) is 17.6 Å². The molecule has 1 fully saturated rings. The zero-order chi connectivity index (χ0) is 24.4. The van der Waals surface area contributed by atoms with Gasteiger partial charge >= 0.3 is 0 Å². The van der Waals surface area contributed by atoms with E-state index in [2.05, 4.69) is 53.3 Å². The highest BCUT2D eigenvalue weighted by Crippen LogP contribution is 2.43. The molecule has 2 atom stereocenters. The van der Waals surface area contributed by atoms with Gasteiger partial charge < -0.3 is 19.4 Å². The first kappa shape index (κ1) is 23.1. The molecule has 5 rings (SSSR count). The molecule has 0 spiro atoms. The van der Waals surface area contributed by atoms with Crippen molar-refractivity contribution in [1.82, 2.24) is 10.3 Å². The highest BCUT2D eigenvalue weighted by molar-refractivity contribution is 7.80. The van der Waals surface area contributed by atoms with E-state index in [4.69, 9.17) is 21.4 Å². The molecule has 1 aliphatic heterocycles. The van der Waals surface area contributed by atoms with Crippen molar-refractivity contribution >= 4 is 23.0 Å². The van der Waals surface area contributed by atoms with Gasteiger partial charge in [0.2, 0.25) is 0 Å². The van der Waals surface area contributed by atoms with Gasteiger partial charge in [-0.15, -0.1) is 0 Å². The van der Waals surface area contributed by atoms with Crippen molar-refractivity contribution in [3.8, 4) is 17.1 Å². The van der Waals surface area contributed by atoms with Gasteiger partial charge in [0.15, 0.2) is 5.11 Å². The minimum atomic E-state index is -0.182. The number of anilines is 1. The summed E-state index contributed by atoms with van der Waals surface area (Å²) in [5.74, 6) is 2.94. The summed E-state index contributed by atoms with van der Waals surface area (Å²) in [7, 11) is 0. The van der Waals surface area contributed by atoms with E-state index in [0.717, 1.165) is 34.2 Å². The SMILES string of the molecule is CCOc1ccc(-c2ccc(C3C(c4ccccn4)NC(=S)N3c3ccc(C(C)C)cc3)o2)cc1. The van der Waals surface area contributed by atoms with E-state index in [-0.39, 0.29) is 12.1 Å². The lowest BCUT2D eigenvalue weighted by Gasteiger charge is -2.26. The maximum absolute atomic E-state index is 6.46. The van der Waals surface area contributed by atoms with Crippen LogP contribution in [0.1, 0.15) is 55.8 Å². The average Bonchev–Trinajstić information content (AvgIpc) is 3.50. The molecule has 2 aromatic heterocycles. The average molecular weight is 484 g/mol. The molecule has 3 heterocycles. The predicted octanol–water partition coefficient (Wildman–Crippen LogP) is 7.04. The van der Waals surface area contributed by atoms with Gasteiger partial charge in [-0.2, -0.15) is 0 Å². The Bertz CT molecular complexity index is 1280. The van der Waals surface area contributed by atoms with Gasteiger partial charge in [-0.05, 0) is 91.3 Å². The third kappa shape index (κ3) is 4.66. The first-order chi connectivity index (χ1) is 17.0. The van der Waals surface area contributed by atoms with Crippen molar-refractivity contribution in [1.29, 1.82) is 0 Å². The highest BCUT2D eigenvalue weighted by atomic mass is 32.1. The third-order valence-electron chi connectivity index (χ3n) is 6.30. The normalized spacial score (nSPS) is 17.6. The van der Waals surface area contributed by atoms with Crippen molar-refractivity contribution in [3.05, 3.63) is 102 Å². The summed E-state index contributed by atoms with van der Waals surface area (Å²) in [6, 6.07) is 26.2. The number of rotatable bonds is 7. The van der Waals surface area contributed by atoms with E-state index in [9.17, 15) is 0 Å². The number of nitrogens with zero attached hydrogens (tertiary/aromatic N) is 2. The Morgan fingerprint density at radius 2 is 1.77 bits per heavy atom. The summed E-state index contributed by atoms with van der Waals surface area (Å²) in [6.45, 7) is 7.01. The van der Waals surface area contributed by atoms with Gasteiger partial charge in [-0.1, -0.05) is 32.0 Å². The fourth-order valence-corrected chi connectivity index (χ4v) is 4.84. The molecule has 35 heavy (non-hydrogen) atoms. The van der Waals surface area contributed by atoms with Crippen LogP contribution in [0.25, 0.3) is 11.3 Å². The van der Waals surface area contributed by atoms with Gasteiger partial charge in [-0.3, -0.25) is 4.98 Å². The molecule has 5 nitrogen and oxygen atoms in total. The molecule has 6 heteroatoms. The first-order valence-electron chi connectivity index (χ1n) is 12.0. The van der Waals surface area contributed by atoms with E-state index in [1.54, 1.807) is 0 Å². The minimum Gasteiger partial charge on any atom is -0.494 e. The monoisotopic (exact) mass is 483 g/mol. The fourth-order valence-electron chi connectivity index (χ4n) is 4.49. The molecule has 1 N–H and O–H groups in total. The molecule has 0 aliphatic carbocycles. The molecular weight excluding hydrogens is 454 g/mol. The number of nitrogens with one attached hydrogen (secondary N) is 1. The quantitative estimate of drug-likeness (QED) is 0.285. The number of pyridine rings is 1. The third-order valence-corrected chi connectivity index (χ3v) is 6.62. The summed E-state index contributed by atoms with van der Waals surface area (Å²) < 4.78 is 12.0.